The summed E-state index contributed by atoms with van der Waals surface area (Å²) in [5, 5.41) is 8.25. The van der Waals surface area contributed by atoms with Crippen LogP contribution in [-0.4, -0.2) is 39.6 Å². The molecule has 2 aliphatic rings. The molecule has 0 unspecified atom stereocenters. The summed E-state index contributed by atoms with van der Waals surface area (Å²) in [6.45, 7) is 5.89. The number of carbonyl (C=O) groups is 1. The second-order valence-electron chi connectivity index (χ2n) is 10.3. The minimum atomic E-state index is 0.0166. The van der Waals surface area contributed by atoms with Crippen LogP contribution in [0.5, 0.6) is 0 Å². The maximum absolute atomic E-state index is 13.2. The number of fused-ring (bicyclic) bond motifs is 1. The number of aromatic nitrogens is 3. The van der Waals surface area contributed by atoms with Crippen molar-refractivity contribution < 1.29 is 4.79 Å². The molecule has 1 N–H and O–H groups in total. The molecule has 2 aromatic heterocycles. The summed E-state index contributed by atoms with van der Waals surface area (Å²) in [5.74, 6) is 1.17. The van der Waals surface area contributed by atoms with E-state index in [1.165, 1.54) is 43.2 Å². The van der Waals surface area contributed by atoms with Gasteiger partial charge in [-0.2, -0.15) is 5.10 Å². The first-order chi connectivity index (χ1) is 16.6. The Bertz CT molecular complexity index is 1140. The van der Waals surface area contributed by atoms with Crippen LogP contribution in [0, 0.1) is 19.8 Å². The largest absolute Gasteiger partial charge is 0.354 e. The van der Waals surface area contributed by atoms with E-state index in [1.807, 2.05) is 16.9 Å². The van der Waals surface area contributed by atoms with Crippen LogP contribution in [0.15, 0.2) is 36.7 Å². The Morgan fingerprint density at radius 2 is 1.79 bits per heavy atom. The Kier molecular flexibility index (Phi) is 6.84. The van der Waals surface area contributed by atoms with E-state index in [4.69, 9.17) is 10.1 Å². The first-order valence-electron chi connectivity index (χ1n) is 13.1. The highest BCUT2D eigenvalue weighted by molar-refractivity contribution is 5.81. The first kappa shape index (κ1) is 22.9. The molecule has 1 atom stereocenters. The van der Waals surface area contributed by atoms with E-state index >= 15 is 0 Å². The lowest BCUT2D eigenvalue weighted by molar-refractivity contribution is -0.126. The molecule has 0 spiro atoms. The predicted octanol–water partition coefficient (Wildman–Crippen LogP) is 5.46. The van der Waals surface area contributed by atoms with Crippen LogP contribution in [-0.2, 0) is 4.79 Å². The van der Waals surface area contributed by atoms with Gasteiger partial charge in [0.1, 0.15) is 5.52 Å². The van der Waals surface area contributed by atoms with Crippen molar-refractivity contribution in [2.24, 2.45) is 5.92 Å². The van der Waals surface area contributed by atoms with Gasteiger partial charge in [-0.25, -0.2) is 9.50 Å². The zero-order valence-corrected chi connectivity index (χ0v) is 20.6. The average molecular weight is 460 g/mol. The molecule has 3 aromatic rings. The van der Waals surface area contributed by atoms with Crippen molar-refractivity contribution in [3.63, 3.8) is 0 Å². The number of piperidine rings is 1. The lowest BCUT2D eigenvalue weighted by atomic mass is 9.94. The molecule has 3 heterocycles. The van der Waals surface area contributed by atoms with E-state index in [0.717, 1.165) is 61.4 Å². The van der Waals surface area contributed by atoms with E-state index < -0.39 is 0 Å². The van der Waals surface area contributed by atoms with Gasteiger partial charge in [-0.1, -0.05) is 55.9 Å². The summed E-state index contributed by atoms with van der Waals surface area (Å²) in [6, 6.07) is 8.96. The first-order valence-corrected chi connectivity index (χ1v) is 13.1. The van der Waals surface area contributed by atoms with Gasteiger partial charge in [0.15, 0.2) is 5.82 Å². The van der Waals surface area contributed by atoms with Crippen LogP contribution >= 0.6 is 0 Å². The summed E-state index contributed by atoms with van der Waals surface area (Å²) in [4.78, 5) is 20.2. The second-order valence-corrected chi connectivity index (χ2v) is 10.3. The second kappa shape index (κ2) is 10.2. The SMILES string of the molecule is Cc1ccc(-c2cc3c(N4CCC[C@@H](C(=O)NC5CCCCCCC5)C4)nccn3n2)c(C)c1. The molecule has 0 radical (unpaired) electrons. The number of aryl methyl sites for hydroxylation is 2. The van der Waals surface area contributed by atoms with E-state index in [1.54, 1.807) is 0 Å². The van der Waals surface area contributed by atoms with Crippen LogP contribution in [0.3, 0.4) is 0 Å². The molecular formula is C28H37N5O. The van der Waals surface area contributed by atoms with Gasteiger partial charge in [-0.3, -0.25) is 4.79 Å². The van der Waals surface area contributed by atoms with Crippen LogP contribution in [0.1, 0.15) is 68.9 Å². The molecule has 1 aliphatic carbocycles. The summed E-state index contributed by atoms with van der Waals surface area (Å²) >= 11 is 0. The van der Waals surface area contributed by atoms with Gasteiger partial charge in [0, 0.05) is 37.1 Å². The van der Waals surface area contributed by atoms with E-state index in [2.05, 4.69) is 48.3 Å². The number of amides is 1. The highest BCUT2D eigenvalue weighted by Gasteiger charge is 2.29. The molecule has 34 heavy (non-hydrogen) atoms. The van der Waals surface area contributed by atoms with Crippen molar-refractivity contribution in [3.05, 3.63) is 47.8 Å². The Hall–Kier alpha value is -2.89. The third-order valence-electron chi connectivity index (χ3n) is 7.57. The van der Waals surface area contributed by atoms with Crippen molar-refractivity contribution in [3.8, 4) is 11.3 Å². The standard InChI is InChI=1S/C28H37N5O/c1-20-12-13-24(21(2)17-20)25-18-26-27(29-14-16-33(26)31-25)32-15-8-9-22(19-32)28(34)30-23-10-6-4-3-5-7-11-23/h12-14,16-18,22-23H,3-11,15,19H2,1-2H3,(H,30,34)/t22-/m1/s1. The van der Waals surface area contributed by atoms with Gasteiger partial charge < -0.3 is 10.2 Å². The molecule has 1 aliphatic heterocycles. The number of hydrogen-bond acceptors (Lipinski definition) is 4. The third kappa shape index (κ3) is 4.96. The molecule has 1 amide bonds. The summed E-state index contributed by atoms with van der Waals surface area (Å²) in [5.41, 5.74) is 5.59. The number of anilines is 1. The zero-order valence-electron chi connectivity index (χ0n) is 20.6. The molecule has 6 heteroatoms. The van der Waals surface area contributed by atoms with Crippen molar-refractivity contribution in [2.75, 3.05) is 18.0 Å². The summed E-state index contributed by atoms with van der Waals surface area (Å²) in [6.07, 6.45) is 14.3. The van der Waals surface area contributed by atoms with Crippen molar-refractivity contribution >= 4 is 17.2 Å². The Morgan fingerprint density at radius 1 is 1.00 bits per heavy atom. The van der Waals surface area contributed by atoms with Gasteiger partial charge in [0.25, 0.3) is 0 Å². The Morgan fingerprint density at radius 3 is 2.59 bits per heavy atom. The summed E-state index contributed by atoms with van der Waals surface area (Å²) in [7, 11) is 0. The Labute approximate surface area is 202 Å². The van der Waals surface area contributed by atoms with Crippen molar-refractivity contribution in [1.82, 2.24) is 19.9 Å². The average Bonchev–Trinajstić information content (AvgIpc) is 3.25. The fourth-order valence-corrected chi connectivity index (χ4v) is 5.69. The molecule has 1 saturated heterocycles. The van der Waals surface area contributed by atoms with Gasteiger partial charge in [0.05, 0.1) is 11.6 Å². The van der Waals surface area contributed by atoms with Crippen molar-refractivity contribution in [1.29, 1.82) is 0 Å². The molecule has 5 rings (SSSR count). The fraction of sp³-hybridized carbons (Fsp3) is 0.536. The molecule has 1 aromatic carbocycles. The lowest BCUT2D eigenvalue weighted by Gasteiger charge is -2.34. The minimum absolute atomic E-state index is 0.0166. The number of hydrogen-bond donors (Lipinski definition) is 1. The fourth-order valence-electron chi connectivity index (χ4n) is 5.69. The number of carbonyl (C=O) groups excluding carboxylic acids is 1. The highest BCUT2D eigenvalue weighted by atomic mass is 16.2. The quantitative estimate of drug-likeness (QED) is 0.563. The number of nitrogens with one attached hydrogen (secondary N) is 1. The number of rotatable bonds is 4. The van der Waals surface area contributed by atoms with Crippen LogP contribution < -0.4 is 10.2 Å². The van der Waals surface area contributed by atoms with E-state index in [-0.39, 0.29) is 11.8 Å². The van der Waals surface area contributed by atoms with Gasteiger partial charge in [-0.05, 0) is 51.2 Å². The topological polar surface area (TPSA) is 62.5 Å². The molecule has 180 valence electrons. The van der Waals surface area contributed by atoms with Gasteiger partial charge >= 0.3 is 0 Å². The minimum Gasteiger partial charge on any atom is -0.354 e. The zero-order chi connectivity index (χ0) is 23.5. The molecule has 1 saturated carbocycles. The normalized spacial score (nSPS) is 20.2. The summed E-state index contributed by atoms with van der Waals surface area (Å²) < 4.78 is 1.93. The smallest absolute Gasteiger partial charge is 0.225 e. The molecular weight excluding hydrogens is 422 g/mol. The van der Waals surface area contributed by atoms with Crippen LogP contribution in [0.25, 0.3) is 16.8 Å². The van der Waals surface area contributed by atoms with E-state index in [0.29, 0.717) is 6.04 Å². The molecule has 6 nitrogen and oxygen atoms in total. The maximum atomic E-state index is 13.2. The monoisotopic (exact) mass is 459 g/mol. The number of benzene rings is 1. The molecule has 2 fully saturated rings. The lowest BCUT2D eigenvalue weighted by Crippen LogP contribution is -2.46. The van der Waals surface area contributed by atoms with Crippen LogP contribution in [0.4, 0.5) is 5.82 Å². The Balaban J connectivity index is 1.34. The predicted molar refractivity (Wildman–Crippen MR) is 137 cm³/mol. The van der Waals surface area contributed by atoms with Gasteiger partial charge in [-0.15, -0.1) is 0 Å². The van der Waals surface area contributed by atoms with Crippen molar-refractivity contribution in [2.45, 2.75) is 77.7 Å². The van der Waals surface area contributed by atoms with E-state index in [9.17, 15) is 4.79 Å². The third-order valence-corrected chi connectivity index (χ3v) is 7.57. The maximum Gasteiger partial charge on any atom is 0.225 e. The number of nitrogens with zero attached hydrogens (tertiary/aromatic N) is 4. The van der Waals surface area contributed by atoms with Gasteiger partial charge in [0.2, 0.25) is 5.91 Å². The molecule has 0 bridgehead atoms. The van der Waals surface area contributed by atoms with Crippen LogP contribution in [0.2, 0.25) is 0 Å². The highest BCUT2D eigenvalue weighted by Crippen LogP contribution is 2.30.